The zero-order valence-electron chi connectivity index (χ0n) is 13.5. The molecule has 4 nitrogen and oxygen atoms in total. The molecule has 0 spiro atoms. The Morgan fingerprint density at radius 3 is 2.52 bits per heavy atom. The molecule has 1 rings (SSSR count). The normalized spacial score (nSPS) is 13.6. The minimum atomic E-state index is -3.41. The second-order valence-corrected chi connectivity index (χ2v) is 7.52. The van der Waals surface area contributed by atoms with Crippen molar-refractivity contribution in [3.8, 4) is 0 Å². The Bertz CT molecular complexity index is 523. The summed E-state index contributed by atoms with van der Waals surface area (Å²) >= 11 is 0. The minimum absolute atomic E-state index is 0.182. The van der Waals surface area contributed by atoms with E-state index in [-0.39, 0.29) is 6.04 Å². The Labute approximate surface area is 129 Å². The monoisotopic (exact) mass is 312 g/mol. The van der Waals surface area contributed by atoms with E-state index in [1.165, 1.54) is 0 Å². The molecular formula is C16H28N2O2S. The van der Waals surface area contributed by atoms with Crippen LogP contribution in [-0.2, 0) is 10.0 Å². The molecule has 1 unspecified atom stereocenters. The van der Waals surface area contributed by atoms with Crippen LogP contribution in [0, 0.1) is 5.92 Å². The highest BCUT2D eigenvalue weighted by Crippen LogP contribution is 2.19. The standard InChI is InChI=1S/C16H28N2O2S/c1-5-16(17-4)14-9-6-10-15(12-14)21(19,20)18-11-7-8-13(2)3/h6,9-10,12-13,16-18H,5,7-8,11H2,1-4H3. The highest BCUT2D eigenvalue weighted by atomic mass is 32.2. The van der Waals surface area contributed by atoms with Crippen molar-refractivity contribution in [2.24, 2.45) is 5.92 Å². The number of rotatable bonds is 9. The molecule has 0 aliphatic heterocycles. The second-order valence-electron chi connectivity index (χ2n) is 5.76. The first-order valence-electron chi connectivity index (χ1n) is 7.67. The van der Waals surface area contributed by atoms with Gasteiger partial charge in [0.2, 0.25) is 10.0 Å². The average molecular weight is 312 g/mol. The Balaban J connectivity index is 2.76. The van der Waals surface area contributed by atoms with Crippen LogP contribution in [0.2, 0.25) is 0 Å². The Morgan fingerprint density at radius 2 is 1.95 bits per heavy atom. The van der Waals surface area contributed by atoms with Gasteiger partial charge in [-0.15, -0.1) is 0 Å². The van der Waals surface area contributed by atoms with Crippen molar-refractivity contribution >= 4 is 10.0 Å². The van der Waals surface area contributed by atoms with E-state index in [9.17, 15) is 8.42 Å². The molecule has 0 aliphatic rings. The maximum Gasteiger partial charge on any atom is 0.240 e. The van der Waals surface area contributed by atoms with Crippen molar-refractivity contribution < 1.29 is 8.42 Å². The van der Waals surface area contributed by atoms with Crippen LogP contribution in [0.25, 0.3) is 0 Å². The third-order valence-electron chi connectivity index (χ3n) is 3.58. The van der Waals surface area contributed by atoms with Gasteiger partial charge in [0.15, 0.2) is 0 Å². The van der Waals surface area contributed by atoms with Gasteiger partial charge in [0.1, 0.15) is 0 Å². The second kappa shape index (κ2) is 8.51. The summed E-state index contributed by atoms with van der Waals surface area (Å²) in [7, 11) is -1.52. The molecule has 0 heterocycles. The summed E-state index contributed by atoms with van der Waals surface area (Å²) in [6, 6.07) is 7.35. The Hall–Kier alpha value is -0.910. The zero-order valence-corrected chi connectivity index (χ0v) is 14.3. The molecule has 1 aromatic rings. The molecule has 2 N–H and O–H groups in total. The molecule has 0 saturated heterocycles. The highest BCUT2D eigenvalue weighted by Gasteiger charge is 2.15. The molecule has 0 aromatic heterocycles. The van der Waals surface area contributed by atoms with Crippen molar-refractivity contribution in [1.82, 2.24) is 10.0 Å². The Morgan fingerprint density at radius 1 is 1.24 bits per heavy atom. The molecule has 5 heteroatoms. The van der Waals surface area contributed by atoms with Gasteiger partial charge in [-0.25, -0.2) is 13.1 Å². The van der Waals surface area contributed by atoms with E-state index in [1.807, 2.05) is 13.1 Å². The largest absolute Gasteiger partial charge is 0.313 e. The first kappa shape index (κ1) is 18.1. The van der Waals surface area contributed by atoms with Crippen LogP contribution in [0.15, 0.2) is 29.2 Å². The van der Waals surface area contributed by atoms with Crippen molar-refractivity contribution in [3.63, 3.8) is 0 Å². The van der Waals surface area contributed by atoms with Gasteiger partial charge in [-0.1, -0.05) is 32.9 Å². The smallest absolute Gasteiger partial charge is 0.240 e. The number of nitrogens with one attached hydrogen (secondary N) is 2. The van der Waals surface area contributed by atoms with Crippen molar-refractivity contribution in [3.05, 3.63) is 29.8 Å². The molecule has 0 saturated carbocycles. The van der Waals surface area contributed by atoms with E-state index in [1.54, 1.807) is 18.2 Å². The molecule has 1 atom stereocenters. The van der Waals surface area contributed by atoms with Gasteiger partial charge >= 0.3 is 0 Å². The average Bonchev–Trinajstić information content (AvgIpc) is 2.45. The van der Waals surface area contributed by atoms with Crippen LogP contribution in [0.3, 0.4) is 0 Å². The molecule has 0 radical (unpaired) electrons. The van der Waals surface area contributed by atoms with Gasteiger partial charge in [0, 0.05) is 12.6 Å². The molecule has 0 amide bonds. The van der Waals surface area contributed by atoms with Crippen LogP contribution in [0.4, 0.5) is 0 Å². The van der Waals surface area contributed by atoms with E-state index < -0.39 is 10.0 Å². The fourth-order valence-corrected chi connectivity index (χ4v) is 3.43. The quantitative estimate of drug-likeness (QED) is 0.689. The maximum atomic E-state index is 12.3. The first-order valence-corrected chi connectivity index (χ1v) is 9.16. The molecule has 0 bridgehead atoms. The van der Waals surface area contributed by atoms with Crippen LogP contribution >= 0.6 is 0 Å². The first-order chi connectivity index (χ1) is 9.90. The summed E-state index contributed by atoms with van der Waals surface area (Å²) < 4.78 is 27.3. The number of hydrogen-bond acceptors (Lipinski definition) is 3. The van der Waals surface area contributed by atoms with Crippen LogP contribution in [0.5, 0.6) is 0 Å². The predicted octanol–water partition coefficient (Wildman–Crippen LogP) is 3.07. The van der Waals surface area contributed by atoms with Gasteiger partial charge < -0.3 is 5.32 Å². The topological polar surface area (TPSA) is 58.2 Å². The lowest BCUT2D eigenvalue weighted by molar-refractivity contribution is 0.539. The number of benzene rings is 1. The van der Waals surface area contributed by atoms with E-state index in [0.29, 0.717) is 17.4 Å². The summed E-state index contributed by atoms with van der Waals surface area (Å²) in [5, 5.41) is 3.20. The lowest BCUT2D eigenvalue weighted by atomic mass is 10.1. The number of sulfonamides is 1. The van der Waals surface area contributed by atoms with Gasteiger partial charge in [-0.2, -0.15) is 0 Å². The van der Waals surface area contributed by atoms with Crippen LogP contribution in [-0.4, -0.2) is 22.0 Å². The summed E-state index contributed by atoms with van der Waals surface area (Å²) in [6.07, 6.45) is 2.81. The van der Waals surface area contributed by atoms with Gasteiger partial charge in [-0.3, -0.25) is 0 Å². The fourth-order valence-electron chi connectivity index (χ4n) is 2.31. The zero-order chi connectivity index (χ0) is 15.9. The van der Waals surface area contributed by atoms with E-state index in [2.05, 4.69) is 30.8 Å². The third kappa shape index (κ3) is 5.77. The SMILES string of the molecule is CCC(NC)c1cccc(S(=O)(=O)NCCCC(C)C)c1. The lowest BCUT2D eigenvalue weighted by Crippen LogP contribution is -2.25. The summed E-state index contributed by atoms with van der Waals surface area (Å²) in [4.78, 5) is 0.346. The lowest BCUT2D eigenvalue weighted by Gasteiger charge is -2.15. The molecule has 120 valence electrons. The molecule has 1 aromatic carbocycles. The Kier molecular flexibility index (Phi) is 7.35. The predicted molar refractivity (Wildman–Crippen MR) is 87.8 cm³/mol. The van der Waals surface area contributed by atoms with Crippen molar-refractivity contribution in [2.75, 3.05) is 13.6 Å². The van der Waals surface area contributed by atoms with Crippen LogP contribution < -0.4 is 10.0 Å². The molecular weight excluding hydrogens is 284 g/mol. The minimum Gasteiger partial charge on any atom is -0.313 e. The van der Waals surface area contributed by atoms with Crippen molar-refractivity contribution in [2.45, 2.75) is 51.0 Å². The summed E-state index contributed by atoms with van der Waals surface area (Å²) in [5.74, 6) is 0.596. The molecule has 21 heavy (non-hydrogen) atoms. The number of hydrogen-bond donors (Lipinski definition) is 2. The molecule has 0 aliphatic carbocycles. The van der Waals surface area contributed by atoms with Crippen molar-refractivity contribution in [1.29, 1.82) is 0 Å². The van der Waals surface area contributed by atoms with Gasteiger partial charge in [-0.05, 0) is 49.9 Å². The van der Waals surface area contributed by atoms with E-state index >= 15 is 0 Å². The third-order valence-corrected chi connectivity index (χ3v) is 5.04. The van der Waals surface area contributed by atoms with E-state index in [0.717, 1.165) is 24.8 Å². The molecule has 0 fully saturated rings. The van der Waals surface area contributed by atoms with Gasteiger partial charge in [0.05, 0.1) is 4.90 Å². The van der Waals surface area contributed by atoms with Crippen LogP contribution in [0.1, 0.15) is 51.6 Å². The fraction of sp³-hybridized carbons (Fsp3) is 0.625. The van der Waals surface area contributed by atoms with Gasteiger partial charge in [0.25, 0.3) is 0 Å². The van der Waals surface area contributed by atoms with E-state index in [4.69, 9.17) is 0 Å². The summed E-state index contributed by atoms with van der Waals surface area (Å²) in [5.41, 5.74) is 1.00. The maximum absolute atomic E-state index is 12.3. The highest BCUT2D eigenvalue weighted by molar-refractivity contribution is 7.89. The summed E-state index contributed by atoms with van der Waals surface area (Å²) in [6.45, 7) is 6.85.